The van der Waals surface area contributed by atoms with E-state index < -0.39 is 30.2 Å². The van der Waals surface area contributed by atoms with Crippen LogP contribution < -0.4 is 20.5 Å². The molecule has 3 heterocycles. The van der Waals surface area contributed by atoms with E-state index in [2.05, 4.69) is 15.3 Å². The van der Waals surface area contributed by atoms with Crippen LogP contribution in [0.5, 0.6) is 11.5 Å². The Kier molecular flexibility index (Phi) is 5.20. The molecule has 9 nitrogen and oxygen atoms in total. The minimum atomic E-state index is -0.698. The highest BCUT2D eigenvalue weighted by Crippen LogP contribution is 2.38. The number of nitrogens with zero attached hydrogens (tertiary/aromatic N) is 2. The third-order valence-electron chi connectivity index (χ3n) is 5.81. The molecule has 32 heavy (non-hydrogen) atoms. The normalized spacial score (nSPS) is 24.5. The maximum absolute atomic E-state index is 14.1. The van der Waals surface area contributed by atoms with Crippen LogP contribution in [0.1, 0.15) is 5.56 Å². The number of hydrogen-bond donors (Lipinski definition) is 3. The highest BCUT2D eigenvalue weighted by atomic mass is 19.1. The number of benzene rings is 2. The molecule has 0 spiro atoms. The number of anilines is 3. The average molecular weight is 442 g/mol. The second-order valence-electron chi connectivity index (χ2n) is 7.83. The van der Waals surface area contributed by atoms with E-state index in [0.29, 0.717) is 28.5 Å². The predicted octanol–water partition coefficient (Wildman–Crippen LogP) is 2.32. The van der Waals surface area contributed by atoms with Crippen molar-refractivity contribution in [3.8, 4) is 11.5 Å². The molecule has 3 aromatic rings. The second kappa shape index (κ2) is 8.05. The number of aryl methyl sites for hydroxylation is 1. The van der Waals surface area contributed by atoms with Gasteiger partial charge in [0.25, 0.3) is 0 Å². The molecule has 2 aromatic carbocycles. The predicted molar refractivity (Wildman–Crippen MR) is 115 cm³/mol. The molecule has 0 bridgehead atoms. The summed E-state index contributed by atoms with van der Waals surface area (Å²) >= 11 is 0. The van der Waals surface area contributed by atoms with Crippen molar-refractivity contribution in [2.45, 2.75) is 31.3 Å². The van der Waals surface area contributed by atoms with Crippen LogP contribution in [0.3, 0.4) is 0 Å². The summed E-state index contributed by atoms with van der Waals surface area (Å²) < 4.78 is 36.8. The average Bonchev–Trinajstić information content (AvgIpc) is 3.33. The molecule has 5 rings (SSSR count). The number of methoxy groups -OCH3 is 1. The first-order valence-corrected chi connectivity index (χ1v) is 10.2. The van der Waals surface area contributed by atoms with Crippen LogP contribution in [-0.4, -0.2) is 59.8 Å². The SMILES string of the molecule is COc1c(N)cc2ncnc(Nc3ccc(F)cc3OC3CO[C@@H]4C(O)CO[C@H]34)c2c1C. The fourth-order valence-corrected chi connectivity index (χ4v) is 4.32. The number of ether oxygens (including phenoxy) is 4. The number of hydrogen-bond acceptors (Lipinski definition) is 9. The molecule has 168 valence electrons. The summed E-state index contributed by atoms with van der Waals surface area (Å²) in [5.41, 5.74) is 8.47. The smallest absolute Gasteiger partial charge is 0.151 e. The maximum atomic E-state index is 14.1. The minimum Gasteiger partial charge on any atom is -0.494 e. The van der Waals surface area contributed by atoms with Crippen LogP contribution in [0.4, 0.5) is 21.6 Å². The summed E-state index contributed by atoms with van der Waals surface area (Å²) in [6.45, 7) is 2.28. The Bertz CT molecular complexity index is 1180. The topological polar surface area (TPSA) is 121 Å². The summed E-state index contributed by atoms with van der Waals surface area (Å²) in [4.78, 5) is 8.69. The molecule has 4 N–H and O–H groups in total. The monoisotopic (exact) mass is 442 g/mol. The number of aromatic nitrogens is 2. The zero-order valence-corrected chi connectivity index (χ0v) is 17.5. The van der Waals surface area contributed by atoms with E-state index in [1.165, 1.54) is 18.5 Å². The summed E-state index contributed by atoms with van der Waals surface area (Å²) in [5.74, 6) is 0.856. The standard InChI is InChI=1S/C22H23FN4O5/c1-10-18-14(6-12(24)19(10)29-2)25-9-26-22(18)27-13-4-3-11(23)5-16(13)32-17-8-31-20-15(28)7-30-21(17)20/h3-6,9,15,17,20-21,28H,7-8,24H2,1-2H3,(H,25,26,27)/t15?,17?,20-,21-/m1/s1. The third kappa shape index (κ3) is 3.46. The Morgan fingerprint density at radius 2 is 2.00 bits per heavy atom. The minimum absolute atomic E-state index is 0.181. The lowest BCUT2D eigenvalue weighted by Crippen LogP contribution is -2.34. The first-order valence-electron chi connectivity index (χ1n) is 10.2. The fraction of sp³-hybridized carbons (Fsp3) is 0.364. The summed E-state index contributed by atoms with van der Waals surface area (Å²) in [6, 6.07) is 5.90. The number of fused-ring (bicyclic) bond motifs is 2. The van der Waals surface area contributed by atoms with Crippen LogP contribution in [0.2, 0.25) is 0 Å². The van der Waals surface area contributed by atoms with E-state index >= 15 is 0 Å². The lowest BCUT2D eigenvalue weighted by molar-refractivity contribution is 0.00871. The fourth-order valence-electron chi connectivity index (χ4n) is 4.32. The van der Waals surface area contributed by atoms with Crippen LogP contribution in [0.25, 0.3) is 10.9 Å². The van der Waals surface area contributed by atoms with Crippen LogP contribution in [-0.2, 0) is 9.47 Å². The lowest BCUT2D eigenvalue weighted by atomic mass is 10.1. The van der Waals surface area contributed by atoms with Gasteiger partial charge < -0.3 is 35.1 Å². The Labute approximate surface area is 183 Å². The van der Waals surface area contributed by atoms with Crippen molar-refractivity contribution in [2.75, 3.05) is 31.4 Å². The molecule has 0 radical (unpaired) electrons. The number of nitrogens with one attached hydrogen (secondary N) is 1. The molecule has 2 saturated heterocycles. The molecule has 1 aromatic heterocycles. The molecule has 0 aliphatic carbocycles. The number of nitrogen functional groups attached to an aromatic ring is 1. The van der Waals surface area contributed by atoms with Crippen LogP contribution in [0.15, 0.2) is 30.6 Å². The van der Waals surface area contributed by atoms with Crippen molar-refractivity contribution in [1.29, 1.82) is 0 Å². The van der Waals surface area contributed by atoms with E-state index in [9.17, 15) is 9.50 Å². The number of halogens is 1. The molecular weight excluding hydrogens is 419 g/mol. The third-order valence-corrected chi connectivity index (χ3v) is 5.81. The van der Waals surface area contributed by atoms with Crippen LogP contribution >= 0.6 is 0 Å². The van der Waals surface area contributed by atoms with E-state index in [4.69, 9.17) is 24.7 Å². The molecule has 2 aliphatic heterocycles. The molecular formula is C22H23FN4O5. The number of aliphatic hydroxyl groups excluding tert-OH is 1. The molecule has 2 unspecified atom stereocenters. The van der Waals surface area contributed by atoms with E-state index in [-0.39, 0.29) is 19.0 Å². The molecule has 2 aliphatic rings. The van der Waals surface area contributed by atoms with Crippen LogP contribution in [0, 0.1) is 12.7 Å². The Hall–Kier alpha value is -3.21. The van der Waals surface area contributed by atoms with Gasteiger partial charge in [-0.3, -0.25) is 0 Å². The maximum Gasteiger partial charge on any atom is 0.151 e. The Morgan fingerprint density at radius 1 is 1.19 bits per heavy atom. The first-order chi connectivity index (χ1) is 15.5. The van der Waals surface area contributed by atoms with Gasteiger partial charge in [0.1, 0.15) is 47.8 Å². The molecule has 0 saturated carbocycles. The molecule has 0 amide bonds. The second-order valence-corrected chi connectivity index (χ2v) is 7.83. The van der Waals surface area contributed by atoms with Gasteiger partial charge in [-0.05, 0) is 25.1 Å². The first kappa shape index (κ1) is 20.7. The van der Waals surface area contributed by atoms with Crippen molar-refractivity contribution in [2.24, 2.45) is 0 Å². The van der Waals surface area contributed by atoms with Crippen molar-refractivity contribution in [3.63, 3.8) is 0 Å². The Balaban J connectivity index is 1.50. The van der Waals surface area contributed by atoms with Gasteiger partial charge in [0.15, 0.2) is 6.10 Å². The highest BCUT2D eigenvalue weighted by molar-refractivity contribution is 5.97. The van der Waals surface area contributed by atoms with Gasteiger partial charge in [0, 0.05) is 17.0 Å². The number of aliphatic hydroxyl groups is 1. The van der Waals surface area contributed by atoms with Gasteiger partial charge in [0.05, 0.1) is 37.2 Å². The van der Waals surface area contributed by atoms with Crippen molar-refractivity contribution in [1.82, 2.24) is 9.97 Å². The number of rotatable bonds is 5. The Morgan fingerprint density at radius 3 is 2.81 bits per heavy atom. The highest BCUT2D eigenvalue weighted by Gasteiger charge is 2.48. The molecule has 4 atom stereocenters. The van der Waals surface area contributed by atoms with E-state index in [1.54, 1.807) is 19.2 Å². The quantitative estimate of drug-likeness (QED) is 0.511. The van der Waals surface area contributed by atoms with Gasteiger partial charge in [-0.2, -0.15) is 0 Å². The van der Waals surface area contributed by atoms with Gasteiger partial charge in [0.2, 0.25) is 0 Å². The van der Waals surface area contributed by atoms with E-state index in [1.807, 2.05) is 6.92 Å². The van der Waals surface area contributed by atoms with Gasteiger partial charge in [-0.15, -0.1) is 0 Å². The van der Waals surface area contributed by atoms with Crippen molar-refractivity contribution < 1.29 is 28.4 Å². The van der Waals surface area contributed by atoms with Crippen molar-refractivity contribution in [3.05, 3.63) is 42.0 Å². The summed E-state index contributed by atoms with van der Waals surface area (Å²) in [7, 11) is 1.55. The van der Waals surface area contributed by atoms with Gasteiger partial charge in [-0.25, -0.2) is 14.4 Å². The zero-order valence-electron chi connectivity index (χ0n) is 17.5. The summed E-state index contributed by atoms with van der Waals surface area (Å²) in [5, 5.41) is 13.9. The van der Waals surface area contributed by atoms with Crippen molar-refractivity contribution >= 4 is 28.1 Å². The summed E-state index contributed by atoms with van der Waals surface area (Å²) in [6.07, 6.45) is -0.630. The molecule has 10 heteroatoms. The zero-order chi connectivity index (χ0) is 22.4. The lowest BCUT2D eigenvalue weighted by Gasteiger charge is -2.21. The number of nitrogens with two attached hydrogens (primary N) is 1. The van der Waals surface area contributed by atoms with Gasteiger partial charge in [-0.1, -0.05) is 0 Å². The van der Waals surface area contributed by atoms with Gasteiger partial charge >= 0.3 is 0 Å². The van der Waals surface area contributed by atoms with E-state index in [0.717, 1.165) is 10.9 Å². The largest absolute Gasteiger partial charge is 0.494 e. The molecule has 2 fully saturated rings.